The van der Waals surface area contributed by atoms with E-state index in [2.05, 4.69) is 9.97 Å². The highest BCUT2D eigenvalue weighted by Gasteiger charge is 1.94. The number of nitrogens with zero attached hydrogens (tertiary/aromatic N) is 3. The van der Waals surface area contributed by atoms with Gasteiger partial charge in [-0.25, -0.2) is 9.97 Å². The second kappa shape index (κ2) is 3.85. The molecule has 0 aromatic carbocycles. The highest BCUT2D eigenvalue weighted by molar-refractivity contribution is 5.35. The Morgan fingerprint density at radius 2 is 2.00 bits per heavy atom. The SMILES string of the molecule is CC.Cc1ncc2ncccn12. The Balaban J connectivity index is 0.000000336. The Labute approximate surface area is 72.1 Å². The first-order valence-corrected chi connectivity index (χ1v) is 4.12. The summed E-state index contributed by atoms with van der Waals surface area (Å²) in [5.41, 5.74) is 0.903. The zero-order chi connectivity index (χ0) is 8.97. The van der Waals surface area contributed by atoms with Crippen molar-refractivity contribution in [3.8, 4) is 0 Å². The molecule has 0 radical (unpaired) electrons. The fraction of sp³-hybridized carbons (Fsp3) is 0.333. The monoisotopic (exact) mass is 163 g/mol. The molecule has 0 atom stereocenters. The lowest BCUT2D eigenvalue weighted by Crippen LogP contribution is -1.87. The van der Waals surface area contributed by atoms with Crippen LogP contribution < -0.4 is 0 Å². The molecular formula is C9H13N3. The third kappa shape index (κ3) is 1.44. The smallest absolute Gasteiger partial charge is 0.156 e. The van der Waals surface area contributed by atoms with Crippen LogP contribution in [0.3, 0.4) is 0 Å². The third-order valence-corrected chi connectivity index (χ3v) is 1.49. The first-order valence-electron chi connectivity index (χ1n) is 4.12. The van der Waals surface area contributed by atoms with Crippen LogP contribution in [0, 0.1) is 6.92 Å². The maximum atomic E-state index is 4.10. The molecule has 64 valence electrons. The average Bonchev–Trinajstić information content (AvgIpc) is 2.53. The van der Waals surface area contributed by atoms with Gasteiger partial charge < -0.3 is 0 Å². The lowest BCUT2D eigenvalue weighted by Gasteiger charge is -1.90. The van der Waals surface area contributed by atoms with Crippen molar-refractivity contribution in [1.29, 1.82) is 0 Å². The van der Waals surface area contributed by atoms with E-state index in [0.29, 0.717) is 0 Å². The van der Waals surface area contributed by atoms with E-state index in [1.807, 2.05) is 37.4 Å². The van der Waals surface area contributed by atoms with E-state index in [9.17, 15) is 0 Å². The summed E-state index contributed by atoms with van der Waals surface area (Å²) in [6.45, 7) is 5.95. The minimum absolute atomic E-state index is 0.903. The van der Waals surface area contributed by atoms with E-state index in [4.69, 9.17) is 0 Å². The van der Waals surface area contributed by atoms with Crippen LogP contribution in [0.15, 0.2) is 24.7 Å². The largest absolute Gasteiger partial charge is 0.288 e. The zero-order valence-corrected chi connectivity index (χ0v) is 7.65. The Bertz CT molecular complexity index is 351. The minimum Gasteiger partial charge on any atom is -0.288 e. The predicted molar refractivity (Wildman–Crippen MR) is 49.1 cm³/mol. The van der Waals surface area contributed by atoms with Crippen molar-refractivity contribution in [3.05, 3.63) is 30.5 Å². The van der Waals surface area contributed by atoms with E-state index >= 15 is 0 Å². The molecule has 0 aliphatic carbocycles. The molecule has 0 aliphatic rings. The molecule has 0 spiro atoms. The van der Waals surface area contributed by atoms with E-state index < -0.39 is 0 Å². The quantitative estimate of drug-likeness (QED) is 0.595. The predicted octanol–water partition coefficient (Wildman–Crippen LogP) is 2.06. The first kappa shape index (κ1) is 8.71. The Kier molecular flexibility index (Phi) is 2.80. The van der Waals surface area contributed by atoms with Crippen molar-refractivity contribution >= 4 is 5.65 Å². The number of rotatable bonds is 0. The molecule has 2 aromatic heterocycles. The molecule has 3 nitrogen and oxygen atoms in total. The Hall–Kier alpha value is -1.38. The van der Waals surface area contributed by atoms with E-state index in [1.165, 1.54) is 0 Å². The van der Waals surface area contributed by atoms with Gasteiger partial charge in [-0.15, -0.1) is 0 Å². The van der Waals surface area contributed by atoms with Crippen LogP contribution in [0.4, 0.5) is 0 Å². The topological polar surface area (TPSA) is 30.2 Å². The number of imidazole rings is 1. The van der Waals surface area contributed by atoms with Crippen molar-refractivity contribution < 1.29 is 0 Å². The van der Waals surface area contributed by atoms with Gasteiger partial charge in [-0.2, -0.15) is 0 Å². The molecule has 0 N–H and O–H groups in total. The molecule has 0 saturated carbocycles. The fourth-order valence-electron chi connectivity index (χ4n) is 0.965. The van der Waals surface area contributed by atoms with Crippen molar-refractivity contribution in [1.82, 2.24) is 14.4 Å². The molecule has 0 saturated heterocycles. The minimum atomic E-state index is 0.903. The van der Waals surface area contributed by atoms with Crippen molar-refractivity contribution in [2.24, 2.45) is 0 Å². The van der Waals surface area contributed by atoms with Gasteiger partial charge in [0.15, 0.2) is 5.65 Å². The zero-order valence-electron chi connectivity index (χ0n) is 7.65. The van der Waals surface area contributed by atoms with E-state index in [-0.39, 0.29) is 0 Å². The first-order chi connectivity index (χ1) is 5.88. The maximum absolute atomic E-state index is 4.10. The van der Waals surface area contributed by atoms with Gasteiger partial charge in [0.2, 0.25) is 0 Å². The van der Waals surface area contributed by atoms with Crippen LogP contribution in [0.1, 0.15) is 19.7 Å². The Morgan fingerprint density at radius 1 is 1.25 bits per heavy atom. The van der Waals surface area contributed by atoms with Crippen LogP contribution in [-0.4, -0.2) is 14.4 Å². The molecule has 2 heterocycles. The van der Waals surface area contributed by atoms with Gasteiger partial charge in [0.05, 0.1) is 6.20 Å². The van der Waals surface area contributed by atoms with E-state index in [0.717, 1.165) is 11.5 Å². The van der Waals surface area contributed by atoms with Gasteiger partial charge in [-0.3, -0.25) is 4.40 Å². The van der Waals surface area contributed by atoms with Crippen molar-refractivity contribution in [2.75, 3.05) is 0 Å². The van der Waals surface area contributed by atoms with Gasteiger partial charge in [-0.05, 0) is 13.0 Å². The number of hydrogen-bond donors (Lipinski definition) is 0. The summed E-state index contributed by atoms with van der Waals surface area (Å²) in [5.74, 6) is 0.975. The lowest BCUT2D eigenvalue weighted by molar-refractivity contribution is 1.02. The molecule has 0 fully saturated rings. The molecule has 2 aromatic rings. The summed E-state index contributed by atoms with van der Waals surface area (Å²) in [6.07, 6.45) is 5.47. The van der Waals surface area contributed by atoms with Gasteiger partial charge in [0.25, 0.3) is 0 Å². The summed E-state index contributed by atoms with van der Waals surface area (Å²) in [5, 5.41) is 0. The molecule has 2 rings (SSSR count). The van der Waals surface area contributed by atoms with Crippen LogP contribution in [0.2, 0.25) is 0 Å². The van der Waals surface area contributed by atoms with E-state index in [1.54, 1.807) is 12.4 Å². The van der Waals surface area contributed by atoms with Gasteiger partial charge in [-0.1, -0.05) is 13.8 Å². The summed E-state index contributed by atoms with van der Waals surface area (Å²) in [4.78, 5) is 8.20. The summed E-state index contributed by atoms with van der Waals surface area (Å²) >= 11 is 0. The fourth-order valence-corrected chi connectivity index (χ4v) is 0.965. The number of aryl methyl sites for hydroxylation is 1. The van der Waals surface area contributed by atoms with Crippen LogP contribution in [0.5, 0.6) is 0 Å². The maximum Gasteiger partial charge on any atom is 0.156 e. The third-order valence-electron chi connectivity index (χ3n) is 1.49. The van der Waals surface area contributed by atoms with Gasteiger partial charge >= 0.3 is 0 Å². The van der Waals surface area contributed by atoms with Gasteiger partial charge in [0.1, 0.15) is 5.82 Å². The second-order valence-electron chi connectivity index (χ2n) is 2.15. The molecule has 0 bridgehead atoms. The summed E-state index contributed by atoms with van der Waals surface area (Å²) < 4.78 is 1.94. The van der Waals surface area contributed by atoms with Crippen molar-refractivity contribution in [3.63, 3.8) is 0 Å². The van der Waals surface area contributed by atoms with Gasteiger partial charge in [0, 0.05) is 12.4 Å². The molecule has 3 heteroatoms. The number of hydrogen-bond acceptors (Lipinski definition) is 2. The van der Waals surface area contributed by atoms with Crippen LogP contribution in [-0.2, 0) is 0 Å². The highest BCUT2D eigenvalue weighted by atomic mass is 15.1. The number of fused-ring (bicyclic) bond motifs is 1. The molecule has 0 amide bonds. The second-order valence-corrected chi connectivity index (χ2v) is 2.15. The summed E-state index contributed by atoms with van der Waals surface area (Å²) in [6, 6.07) is 1.89. The number of aromatic nitrogens is 3. The summed E-state index contributed by atoms with van der Waals surface area (Å²) in [7, 11) is 0. The average molecular weight is 163 g/mol. The molecule has 0 unspecified atom stereocenters. The van der Waals surface area contributed by atoms with Crippen LogP contribution >= 0.6 is 0 Å². The highest BCUT2D eigenvalue weighted by Crippen LogP contribution is 1.99. The normalized spacial score (nSPS) is 9.25. The molecular weight excluding hydrogens is 150 g/mol. The molecule has 12 heavy (non-hydrogen) atoms. The standard InChI is InChI=1S/C7H7N3.C2H6/c1-6-9-5-7-8-3-2-4-10(6)7;1-2/h2-5H,1H3;1-2H3. The lowest BCUT2D eigenvalue weighted by atomic mass is 10.6. The Morgan fingerprint density at radius 3 is 2.67 bits per heavy atom. The van der Waals surface area contributed by atoms with Crippen LogP contribution in [0.25, 0.3) is 5.65 Å². The molecule has 0 aliphatic heterocycles. The van der Waals surface area contributed by atoms with Crippen molar-refractivity contribution in [2.45, 2.75) is 20.8 Å².